The van der Waals surface area contributed by atoms with Crippen molar-refractivity contribution < 1.29 is 38.3 Å². The Morgan fingerprint density at radius 2 is 1.57 bits per heavy atom. The lowest BCUT2D eigenvalue weighted by Crippen LogP contribution is -2.54. The molecule has 2 unspecified atom stereocenters. The molecule has 268 valence electrons. The van der Waals surface area contributed by atoms with Crippen LogP contribution < -0.4 is 32.3 Å². The molecule has 2 aliphatic rings. The van der Waals surface area contributed by atoms with Gasteiger partial charge in [-0.25, -0.2) is 9.59 Å². The molecule has 8 amide bonds. The van der Waals surface area contributed by atoms with Gasteiger partial charge in [0.15, 0.2) is 0 Å². The maximum absolute atomic E-state index is 13.4. The molecule has 2 aliphatic heterocycles. The van der Waals surface area contributed by atoms with Crippen LogP contribution in [0.5, 0.6) is 0 Å². The minimum Gasteiger partial charge on any atom is -0.445 e. The van der Waals surface area contributed by atoms with Crippen molar-refractivity contribution in [3.63, 3.8) is 0 Å². The first-order chi connectivity index (χ1) is 23.4. The largest absolute Gasteiger partial charge is 0.445 e. The van der Waals surface area contributed by atoms with Crippen molar-refractivity contribution in [3.05, 3.63) is 42.0 Å². The number of urea groups is 1. The molecule has 1 saturated heterocycles. The van der Waals surface area contributed by atoms with E-state index in [-0.39, 0.29) is 62.3 Å². The number of carbonyl (C=O) groups is 7. The Bertz CT molecular complexity index is 1340. The van der Waals surface area contributed by atoms with Gasteiger partial charge in [-0.15, -0.1) is 0 Å². The van der Waals surface area contributed by atoms with E-state index in [0.717, 1.165) is 10.5 Å². The molecular weight excluding hydrogens is 636 g/mol. The number of benzene rings is 1. The van der Waals surface area contributed by atoms with E-state index >= 15 is 0 Å². The van der Waals surface area contributed by atoms with Crippen molar-refractivity contribution >= 4 is 47.3 Å². The normalized spacial score (nSPS) is 15.5. The summed E-state index contributed by atoms with van der Waals surface area (Å²) in [5.41, 5.74) is 6.34. The molecule has 0 bridgehead atoms. The second-order valence-electron chi connectivity index (χ2n) is 12.2. The Labute approximate surface area is 285 Å². The van der Waals surface area contributed by atoms with Crippen LogP contribution in [0, 0.1) is 5.92 Å². The molecule has 0 saturated carbocycles. The van der Waals surface area contributed by atoms with Crippen LogP contribution in [0.15, 0.2) is 36.4 Å². The molecule has 3 rings (SSSR count). The summed E-state index contributed by atoms with van der Waals surface area (Å²) in [4.78, 5) is 89.0. The number of nitrogens with zero attached hydrogens (tertiary/aromatic N) is 2. The van der Waals surface area contributed by atoms with Crippen LogP contribution in [0.2, 0.25) is 0 Å². The average Bonchev–Trinajstić information content (AvgIpc) is 3.40. The smallest absolute Gasteiger partial charge is 0.410 e. The zero-order valence-electron chi connectivity index (χ0n) is 28.1. The highest BCUT2D eigenvalue weighted by atomic mass is 16.6. The second-order valence-corrected chi connectivity index (χ2v) is 12.2. The summed E-state index contributed by atoms with van der Waals surface area (Å²) in [6, 6.07) is 4.14. The number of ether oxygens (including phenoxy) is 1. The number of carbonyl (C=O) groups excluding carboxylic acids is 7. The van der Waals surface area contributed by atoms with Crippen LogP contribution in [-0.2, 0) is 35.3 Å². The van der Waals surface area contributed by atoms with Crippen LogP contribution in [0.1, 0.15) is 57.9 Å². The van der Waals surface area contributed by atoms with E-state index in [9.17, 15) is 33.6 Å². The summed E-state index contributed by atoms with van der Waals surface area (Å²) in [6.07, 6.45) is 4.38. The van der Waals surface area contributed by atoms with E-state index in [4.69, 9.17) is 10.5 Å². The second kappa shape index (κ2) is 19.7. The lowest BCUT2D eigenvalue weighted by molar-refractivity contribution is -0.137. The first kappa shape index (κ1) is 38.5. The van der Waals surface area contributed by atoms with Gasteiger partial charge in [-0.2, -0.15) is 0 Å². The number of piperazine rings is 1. The minimum absolute atomic E-state index is 0.0726. The number of primary amides is 1. The van der Waals surface area contributed by atoms with Crippen LogP contribution in [-0.4, -0.2) is 103 Å². The van der Waals surface area contributed by atoms with Gasteiger partial charge >= 0.3 is 12.1 Å². The van der Waals surface area contributed by atoms with Gasteiger partial charge in [-0.1, -0.05) is 32.4 Å². The molecule has 0 radical (unpaired) electrons. The third-order valence-electron chi connectivity index (χ3n) is 8.01. The fraction of sp³-hybridized carbons (Fsp3) is 0.545. The molecule has 2 atom stereocenters. The highest BCUT2D eigenvalue weighted by Gasteiger charge is 2.29. The zero-order valence-corrected chi connectivity index (χ0v) is 28.1. The Hall–Kier alpha value is -4.99. The van der Waals surface area contributed by atoms with Crippen molar-refractivity contribution in [1.82, 2.24) is 31.1 Å². The van der Waals surface area contributed by atoms with Crippen LogP contribution in [0.4, 0.5) is 15.3 Å². The minimum atomic E-state index is -0.995. The quantitative estimate of drug-likeness (QED) is 0.0946. The molecule has 1 fully saturated rings. The first-order valence-electron chi connectivity index (χ1n) is 16.6. The summed E-state index contributed by atoms with van der Waals surface area (Å²) in [5.74, 6) is -2.35. The fourth-order valence-electron chi connectivity index (χ4n) is 5.21. The summed E-state index contributed by atoms with van der Waals surface area (Å²) < 4.78 is 5.40. The Kier molecular flexibility index (Phi) is 15.5. The van der Waals surface area contributed by atoms with Gasteiger partial charge in [0.1, 0.15) is 18.7 Å². The summed E-state index contributed by atoms with van der Waals surface area (Å²) in [5, 5.41) is 13.9. The number of imide groups is 1. The molecule has 16 nitrogen and oxygen atoms in total. The maximum Gasteiger partial charge on any atom is 0.410 e. The van der Waals surface area contributed by atoms with Crippen molar-refractivity contribution in [3.8, 4) is 0 Å². The van der Waals surface area contributed by atoms with Gasteiger partial charge in [0, 0.05) is 63.5 Å². The number of amides is 8. The summed E-state index contributed by atoms with van der Waals surface area (Å²) in [7, 11) is 0. The van der Waals surface area contributed by atoms with E-state index in [1.165, 1.54) is 12.2 Å². The number of nitrogens with one attached hydrogen (secondary N) is 5. The van der Waals surface area contributed by atoms with Gasteiger partial charge in [0.25, 0.3) is 11.8 Å². The molecule has 1 aromatic rings. The van der Waals surface area contributed by atoms with E-state index in [2.05, 4.69) is 26.6 Å². The lowest BCUT2D eigenvalue weighted by Gasteiger charge is -2.26. The van der Waals surface area contributed by atoms with Crippen molar-refractivity contribution in [2.45, 2.75) is 71.1 Å². The topological polar surface area (TPSA) is 221 Å². The van der Waals surface area contributed by atoms with E-state index in [1.807, 2.05) is 0 Å². The first-order valence-corrected chi connectivity index (χ1v) is 16.6. The molecule has 2 heterocycles. The zero-order chi connectivity index (χ0) is 35.8. The Morgan fingerprint density at radius 3 is 2.20 bits per heavy atom. The maximum atomic E-state index is 13.4. The predicted molar refractivity (Wildman–Crippen MR) is 180 cm³/mol. The molecule has 1 aromatic carbocycles. The van der Waals surface area contributed by atoms with Crippen LogP contribution in [0.25, 0.3) is 0 Å². The van der Waals surface area contributed by atoms with E-state index in [0.29, 0.717) is 57.5 Å². The number of anilines is 1. The van der Waals surface area contributed by atoms with E-state index < -0.39 is 29.9 Å². The predicted octanol–water partition coefficient (Wildman–Crippen LogP) is 0.726. The van der Waals surface area contributed by atoms with E-state index in [1.54, 1.807) is 43.0 Å². The molecule has 49 heavy (non-hydrogen) atoms. The summed E-state index contributed by atoms with van der Waals surface area (Å²) >= 11 is 0. The molecular formula is C33H48N8O8. The molecule has 7 N–H and O–H groups in total. The number of nitrogens with two attached hydrogens (primary N) is 1. The van der Waals surface area contributed by atoms with Gasteiger partial charge < -0.3 is 42.0 Å². The Balaban J connectivity index is 1.51. The van der Waals surface area contributed by atoms with Crippen LogP contribution in [0.3, 0.4) is 0 Å². The highest BCUT2D eigenvalue weighted by Crippen LogP contribution is 2.14. The number of hydrogen-bond donors (Lipinski definition) is 6. The average molecular weight is 685 g/mol. The van der Waals surface area contributed by atoms with Gasteiger partial charge in [-0.05, 0) is 49.3 Å². The van der Waals surface area contributed by atoms with Gasteiger partial charge in [0.2, 0.25) is 17.7 Å². The fourth-order valence-corrected chi connectivity index (χ4v) is 5.21. The monoisotopic (exact) mass is 684 g/mol. The number of hydrogen-bond acceptors (Lipinski definition) is 9. The molecule has 16 heteroatoms. The molecule has 0 aliphatic carbocycles. The summed E-state index contributed by atoms with van der Waals surface area (Å²) in [6.45, 7) is 6.68. The number of rotatable bonds is 18. The molecule has 0 spiro atoms. The van der Waals surface area contributed by atoms with Gasteiger partial charge in [0.05, 0.1) is 0 Å². The van der Waals surface area contributed by atoms with Crippen molar-refractivity contribution in [1.29, 1.82) is 0 Å². The molecule has 0 aromatic heterocycles. The van der Waals surface area contributed by atoms with Crippen LogP contribution >= 0.6 is 0 Å². The third-order valence-corrected chi connectivity index (χ3v) is 8.01. The lowest BCUT2D eigenvalue weighted by atomic mass is 10.0. The Morgan fingerprint density at radius 1 is 0.898 bits per heavy atom. The SMILES string of the molecule is CC(C)C(NC(=O)CCCCCN1C(=O)C=CC1=O)C(=O)NC(CCCNC(N)=O)C(=O)Nc1ccc(COC(=O)N2CCNCC2)cc1. The highest BCUT2D eigenvalue weighted by molar-refractivity contribution is 6.12. The third kappa shape index (κ3) is 13.2. The number of unbranched alkanes of at least 4 members (excludes halogenated alkanes) is 2. The standard InChI is InChI=1S/C33H48N8O8/c1-22(2)29(39-26(42)8-4-3-5-18-41-27(43)13-14-28(41)44)31(46)38-25(7-6-15-36-32(34)47)30(45)37-24-11-9-23(10-12-24)21-49-33(48)40-19-16-35-17-20-40/h9-14,22,25,29,35H,3-8,15-21H2,1-2H3,(H,37,45)(H,38,46)(H,39,42)(H3,34,36,47). The van der Waals surface area contributed by atoms with Crippen molar-refractivity contribution in [2.75, 3.05) is 44.6 Å². The van der Waals surface area contributed by atoms with Crippen molar-refractivity contribution in [2.24, 2.45) is 11.7 Å². The van der Waals surface area contributed by atoms with Gasteiger partial charge in [-0.3, -0.25) is 28.9 Å².